The van der Waals surface area contributed by atoms with E-state index in [9.17, 15) is 4.79 Å². The smallest absolute Gasteiger partial charge is 0.251 e. The normalized spacial score (nSPS) is 21.7. The van der Waals surface area contributed by atoms with E-state index in [1.807, 2.05) is 4.90 Å². The van der Waals surface area contributed by atoms with E-state index in [2.05, 4.69) is 6.92 Å². The number of aliphatic hydroxyl groups is 1. The van der Waals surface area contributed by atoms with E-state index in [0.29, 0.717) is 19.5 Å². The zero-order chi connectivity index (χ0) is 15.5. The molecule has 124 valence electrons. The number of aliphatic hydroxyl groups excluding tert-OH is 1. The Morgan fingerprint density at radius 3 is 2.52 bits per heavy atom. The highest BCUT2D eigenvalue weighted by Crippen LogP contribution is 2.21. The molecule has 0 aromatic heterocycles. The van der Waals surface area contributed by atoms with Crippen LogP contribution in [0.1, 0.15) is 58.3 Å². The predicted molar refractivity (Wildman–Crippen MR) is 84.0 cm³/mol. The van der Waals surface area contributed by atoms with Crippen molar-refractivity contribution in [3.63, 3.8) is 0 Å². The molecule has 1 heterocycles. The van der Waals surface area contributed by atoms with Crippen LogP contribution in [0.3, 0.4) is 0 Å². The number of amides is 1. The minimum Gasteiger partial charge on any atom is -0.396 e. The molecule has 0 aromatic rings. The Morgan fingerprint density at radius 2 is 1.90 bits per heavy atom. The van der Waals surface area contributed by atoms with Crippen molar-refractivity contribution in [3.05, 3.63) is 0 Å². The summed E-state index contributed by atoms with van der Waals surface area (Å²) in [6.07, 6.45) is 7.89. The number of rotatable bonds is 11. The third-order valence-corrected chi connectivity index (χ3v) is 4.08. The number of carbonyl (C=O) groups excluding carboxylic acids is 1. The van der Waals surface area contributed by atoms with E-state index in [1.54, 1.807) is 0 Å². The Labute approximate surface area is 128 Å². The summed E-state index contributed by atoms with van der Waals surface area (Å²) in [5.74, 6) is 0.0786. The Balaban J connectivity index is 2.38. The minimum absolute atomic E-state index is 0.0307. The molecule has 0 saturated carbocycles. The fourth-order valence-corrected chi connectivity index (χ4v) is 2.76. The zero-order valence-electron chi connectivity index (χ0n) is 13.4. The highest BCUT2D eigenvalue weighted by atomic mass is 16.5. The van der Waals surface area contributed by atoms with Crippen LogP contribution >= 0.6 is 0 Å². The lowest BCUT2D eigenvalue weighted by Crippen LogP contribution is -2.41. The molecule has 1 aliphatic heterocycles. The van der Waals surface area contributed by atoms with Gasteiger partial charge in [-0.2, -0.15) is 0 Å². The first-order chi connectivity index (χ1) is 10.2. The second-order valence-corrected chi connectivity index (χ2v) is 5.88. The summed E-state index contributed by atoms with van der Waals surface area (Å²) < 4.78 is 5.70. The standard InChI is InChI=1S/C16H32N2O3/c1-2-3-4-5-6-10-18(11-7-12-19)16(20)15-9-8-14(13-17)21-15/h14-15,19H,2-13,17H2,1H3. The fraction of sp³-hybridized carbons (Fsp3) is 0.938. The van der Waals surface area contributed by atoms with Gasteiger partial charge in [0.05, 0.1) is 6.10 Å². The van der Waals surface area contributed by atoms with Crippen LogP contribution in [-0.4, -0.2) is 54.4 Å². The Morgan fingerprint density at radius 1 is 1.19 bits per heavy atom. The monoisotopic (exact) mass is 300 g/mol. The molecule has 1 amide bonds. The lowest BCUT2D eigenvalue weighted by atomic mass is 10.1. The van der Waals surface area contributed by atoms with Gasteiger partial charge in [0.25, 0.3) is 5.91 Å². The third kappa shape index (κ3) is 6.76. The first-order valence-electron chi connectivity index (χ1n) is 8.48. The molecule has 2 atom stereocenters. The topological polar surface area (TPSA) is 75.8 Å². The van der Waals surface area contributed by atoms with Crippen molar-refractivity contribution in [1.29, 1.82) is 0 Å². The molecule has 2 unspecified atom stereocenters. The molecule has 3 N–H and O–H groups in total. The molecule has 1 rings (SSSR count). The second-order valence-electron chi connectivity index (χ2n) is 5.88. The lowest BCUT2D eigenvalue weighted by molar-refractivity contribution is -0.143. The van der Waals surface area contributed by atoms with Crippen molar-refractivity contribution in [2.75, 3.05) is 26.2 Å². The summed E-state index contributed by atoms with van der Waals surface area (Å²) in [7, 11) is 0. The van der Waals surface area contributed by atoms with Crippen LogP contribution in [0.15, 0.2) is 0 Å². The van der Waals surface area contributed by atoms with Crippen LogP contribution in [0.25, 0.3) is 0 Å². The molecule has 0 spiro atoms. The Kier molecular flexibility index (Phi) is 9.63. The van der Waals surface area contributed by atoms with Gasteiger partial charge in [0.15, 0.2) is 0 Å². The first-order valence-corrected chi connectivity index (χ1v) is 8.48. The highest BCUT2D eigenvalue weighted by molar-refractivity contribution is 5.81. The van der Waals surface area contributed by atoms with Crippen LogP contribution in [0.4, 0.5) is 0 Å². The number of nitrogens with zero attached hydrogens (tertiary/aromatic N) is 1. The number of nitrogens with two attached hydrogens (primary N) is 1. The van der Waals surface area contributed by atoms with E-state index in [0.717, 1.165) is 32.2 Å². The van der Waals surface area contributed by atoms with Crippen molar-refractivity contribution in [2.45, 2.75) is 70.5 Å². The van der Waals surface area contributed by atoms with Crippen molar-refractivity contribution < 1.29 is 14.6 Å². The highest BCUT2D eigenvalue weighted by Gasteiger charge is 2.32. The Hall–Kier alpha value is -0.650. The number of carbonyl (C=O) groups is 1. The molecular formula is C16H32N2O3. The summed E-state index contributed by atoms with van der Waals surface area (Å²) in [4.78, 5) is 14.4. The van der Waals surface area contributed by atoms with Gasteiger partial charge in [0.1, 0.15) is 6.10 Å². The summed E-state index contributed by atoms with van der Waals surface area (Å²) in [5, 5.41) is 9.00. The number of hydrogen-bond acceptors (Lipinski definition) is 4. The van der Waals surface area contributed by atoms with Gasteiger partial charge in [-0.15, -0.1) is 0 Å². The molecule has 5 nitrogen and oxygen atoms in total. The average molecular weight is 300 g/mol. The van der Waals surface area contributed by atoms with Crippen molar-refractivity contribution in [2.24, 2.45) is 5.73 Å². The summed E-state index contributed by atoms with van der Waals surface area (Å²) in [5.41, 5.74) is 5.60. The van der Waals surface area contributed by atoms with Crippen LogP contribution in [0, 0.1) is 0 Å². The van der Waals surface area contributed by atoms with Crippen molar-refractivity contribution in [1.82, 2.24) is 4.90 Å². The molecule has 0 aromatic carbocycles. The van der Waals surface area contributed by atoms with E-state index in [4.69, 9.17) is 15.6 Å². The molecule has 1 aliphatic rings. The maximum atomic E-state index is 12.5. The first kappa shape index (κ1) is 18.4. The number of hydrogen-bond donors (Lipinski definition) is 2. The molecule has 21 heavy (non-hydrogen) atoms. The molecular weight excluding hydrogens is 268 g/mol. The molecule has 1 saturated heterocycles. The number of unbranched alkanes of at least 4 members (excludes halogenated alkanes) is 4. The van der Waals surface area contributed by atoms with E-state index in [1.165, 1.54) is 19.3 Å². The van der Waals surface area contributed by atoms with Crippen LogP contribution in [-0.2, 0) is 9.53 Å². The average Bonchev–Trinajstić information content (AvgIpc) is 2.98. The quantitative estimate of drug-likeness (QED) is 0.569. The van der Waals surface area contributed by atoms with Gasteiger partial charge in [-0.1, -0.05) is 32.6 Å². The van der Waals surface area contributed by atoms with E-state index >= 15 is 0 Å². The second kappa shape index (κ2) is 11.0. The molecule has 0 bridgehead atoms. The fourth-order valence-electron chi connectivity index (χ4n) is 2.76. The maximum Gasteiger partial charge on any atom is 0.251 e. The van der Waals surface area contributed by atoms with Crippen LogP contribution in [0.5, 0.6) is 0 Å². The molecule has 5 heteroatoms. The predicted octanol–water partition coefficient (Wildman–Crippen LogP) is 1.67. The van der Waals surface area contributed by atoms with Crippen LogP contribution < -0.4 is 5.73 Å². The molecule has 0 aliphatic carbocycles. The van der Waals surface area contributed by atoms with Gasteiger partial charge in [0.2, 0.25) is 0 Å². The van der Waals surface area contributed by atoms with Crippen LogP contribution in [0.2, 0.25) is 0 Å². The largest absolute Gasteiger partial charge is 0.396 e. The summed E-state index contributed by atoms with van der Waals surface area (Å²) >= 11 is 0. The van der Waals surface area contributed by atoms with E-state index < -0.39 is 0 Å². The van der Waals surface area contributed by atoms with Gasteiger partial charge in [-0.3, -0.25) is 4.79 Å². The van der Waals surface area contributed by atoms with E-state index in [-0.39, 0.29) is 24.7 Å². The van der Waals surface area contributed by atoms with Gasteiger partial charge in [0, 0.05) is 26.2 Å². The van der Waals surface area contributed by atoms with Crippen molar-refractivity contribution in [3.8, 4) is 0 Å². The summed E-state index contributed by atoms with van der Waals surface area (Å²) in [6, 6.07) is 0. The van der Waals surface area contributed by atoms with Gasteiger partial charge in [-0.25, -0.2) is 0 Å². The van der Waals surface area contributed by atoms with Gasteiger partial charge >= 0.3 is 0 Å². The lowest BCUT2D eigenvalue weighted by Gasteiger charge is -2.25. The maximum absolute atomic E-state index is 12.5. The Bertz CT molecular complexity index is 287. The SMILES string of the molecule is CCCCCCCN(CCCO)C(=O)C1CCC(CN)O1. The van der Waals surface area contributed by atoms with Gasteiger partial charge in [-0.05, 0) is 25.7 Å². The summed E-state index contributed by atoms with van der Waals surface area (Å²) in [6.45, 7) is 4.20. The van der Waals surface area contributed by atoms with Gasteiger partial charge < -0.3 is 20.5 Å². The molecule has 1 fully saturated rings. The van der Waals surface area contributed by atoms with Crippen molar-refractivity contribution >= 4 is 5.91 Å². The number of ether oxygens (including phenoxy) is 1. The third-order valence-electron chi connectivity index (χ3n) is 4.08. The zero-order valence-corrected chi connectivity index (χ0v) is 13.4. The minimum atomic E-state index is -0.326. The molecule has 0 radical (unpaired) electrons.